The van der Waals surface area contributed by atoms with Gasteiger partial charge in [0.2, 0.25) is 0 Å². The fourth-order valence-electron chi connectivity index (χ4n) is 1.02. The van der Waals surface area contributed by atoms with Crippen molar-refractivity contribution in [1.29, 1.82) is 0 Å². The summed E-state index contributed by atoms with van der Waals surface area (Å²) in [4.78, 5) is 0. The molecular formula is C10H21-. The van der Waals surface area contributed by atoms with Crippen molar-refractivity contribution in [3.8, 4) is 0 Å². The lowest BCUT2D eigenvalue weighted by atomic mass is 9.98. The normalized spacial score (nSPS) is 14.1. The van der Waals surface area contributed by atoms with E-state index in [4.69, 9.17) is 0 Å². The number of hydrogen-bond acceptors (Lipinski definition) is 0. The Hall–Kier alpha value is 0. The average Bonchev–Trinajstić information content (AvgIpc) is 1.87. The summed E-state index contributed by atoms with van der Waals surface area (Å²) in [7, 11) is 0. The predicted molar refractivity (Wildman–Crippen MR) is 47.8 cm³/mol. The first-order valence-corrected chi connectivity index (χ1v) is 4.46. The molecule has 0 aromatic heterocycles. The fraction of sp³-hybridized carbons (Fsp3) is 0.900. The third kappa shape index (κ3) is 6.12. The molecule has 62 valence electrons. The highest BCUT2D eigenvalue weighted by atomic mass is 14.0. The second kappa shape index (κ2) is 5.76. The maximum Gasteiger partial charge on any atom is -0.0471 e. The van der Waals surface area contributed by atoms with Gasteiger partial charge < -0.3 is 6.92 Å². The van der Waals surface area contributed by atoms with Crippen LogP contribution in [0.15, 0.2) is 0 Å². The van der Waals surface area contributed by atoms with Crippen molar-refractivity contribution in [1.82, 2.24) is 0 Å². The highest BCUT2D eigenvalue weighted by molar-refractivity contribution is 4.55. The summed E-state index contributed by atoms with van der Waals surface area (Å²) in [6, 6.07) is 0. The van der Waals surface area contributed by atoms with E-state index in [1.54, 1.807) is 0 Å². The summed E-state index contributed by atoms with van der Waals surface area (Å²) in [5, 5.41) is 0. The van der Waals surface area contributed by atoms with Crippen LogP contribution >= 0.6 is 0 Å². The highest BCUT2D eigenvalue weighted by Crippen LogP contribution is 2.13. The maximum atomic E-state index is 3.88. The molecular weight excluding hydrogens is 120 g/mol. The van der Waals surface area contributed by atoms with Gasteiger partial charge in [-0.2, -0.15) is 6.42 Å². The zero-order valence-corrected chi connectivity index (χ0v) is 7.69. The van der Waals surface area contributed by atoms with Crippen LogP contribution in [0.1, 0.15) is 46.5 Å². The smallest absolute Gasteiger partial charge is 0.0471 e. The minimum atomic E-state index is 0.832. The van der Waals surface area contributed by atoms with Gasteiger partial charge in [-0.1, -0.05) is 46.0 Å². The monoisotopic (exact) mass is 141 g/mol. The van der Waals surface area contributed by atoms with Crippen molar-refractivity contribution in [2.24, 2.45) is 11.8 Å². The Kier molecular flexibility index (Phi) is 5.76. The number of rotatable bonds is 5. The molecule has 1 unspecified atom stereocenters. The second-order valence-electron chi connectivity index (χ2n) is 3.72. The maximum absolute atomic E-state index is 3.88. The molecule has 0 bridgehead atoms. The molecule has 0 spiro atoms. The van der Waals surface area contributed by atoms with Crippen molar-refractivity contribution < 1.29 is 0 Å². The van der Waals surface area contributed by atoms with Crippen molar-refractivity contribution in [3.63, 3.8) is 0 Å². The first-order valence-electron chi connectivity index (χ1n) is 4.46. The molecule has 0 aromatic rings. The summed E-state index contributed by atoms with van der Waals surface area (Å²) >= 11 is 0. The molecule has 0 fully saturated rings. The molecule has 0 saturated carbocycles. The molecule has 0 heterocycles. The van der Waals surface area contributed by atoms with Crippen molar-refractivity contribution in [3.05, 3.63) is 6.92 Å². The highest BCUT2D eigenvalue weighted by Gasteiger charge is 1.97. The van der Waals surface area contributed by atoms with E-state index < -0.39 is 0 Å². The van der Waals surface area contributed by atoms with Gasteiger partial charge in [-0.25, -0.2) is 0 Å². The topological polar surface area (TPSA) is 0 Å². The summed E-state index contributed by atoms with van der Waals surface area (Å²) in [6.07, 6.45) is 5.22. The van der Waals surface area contributed by atoms with Crippen LogP contribution in [-0.2, 0) is 0 Å². The Morgan fingerprint density at radius 1 is 1.10 bits per heavy atom. The Morgan fingerprint density at radius 2 is 1.70 bits per heavy atom. The summed E-state index contributed by atoms with van der Waals surface area (Å²) in [5.74, 6) is 1.70. The lowest BCUT2D eigenvalue weighted by molar-refractivity contribution is 0.460. The first-order chi connectivity index (χ1) is 4.66. The summed E-state index contributed by atoms with van der Waals surface area (Å²) in [6.45, 7) is 10.7. The molecule has 0 nitrogen and oxygen atoms in total. The average molecular weight is 141 g/mol. The van der Waals surface area contributed by atoms with Crippen LogP contribution in [0.4, 0.5) is 0 Å². The van der Waals surface area contributed by atoms with E-state index in [-0.39, 0.29) is 0 Å². The van der Waals surface area contributed by atoms with Crippen LogP contribution in [0.5, 0.6) is 0 Å². The van der Waals surface area contributed by atoms with Gasteiger partial charge in [0.05, 0.1) is 0 Å². The quantitative estimate of drug-likeness (QED) is 0.512. The van der Waals surface area contributed by atoms with Crippen molar-refractivity contribution in [2.75, 3.05) is 0 Å². The van der Waals surface area contributed by atoms with Gasteiger partial charge in [0.1, 0.15) is 0 Å². The van der Waals surface area contributed by atoms with Crippen LogP contribution in [0, 0.1) is 18.8 Å². The lowest BCUT2D eigenvalue weighted by Gasteiger charge is -2.11. The van der Waals surface area contributed by atoms with E-state index in [1.165, 1.54) is 19.3 Å². The zero-order chi connectivity index (χ0) is 7.98. The molecule has 0 N–H and O–H groups in total. The van der Waals surface area contributed by atoms with E-state index in [0.29, 0.717) is 0 Å². The van der Waals surface area contributed by atoms with Gasteiger partial charge in [0, 0.05) is 0 Å². The van der Waals surface area contributed by atoms with Gasteiger partial charge in [-0.05, 0) is 5.92 Å². The molecule has 10 heavy (non-hydrogen) atoms. The first kappa shape index (κ1) is 10.0. The predicted octanol–water partition coefficient (Wildman–Crippen LogP) is 3.67. The SMILES string of the molecule is [CH2-]CC(C)CCCC(C)C. The van der Waals surface area contributed by atoms with E-state index in [0.717, 1.165) is 18.3 Å². The van der Waals surface area contributed by atoms with E-state index in [1.807, 2.05) is 0 Å². The number of hydrogen-bond donors (Lipinski definition) is 0. The van der Waals surface area contributed by atoms with E-state index in [9.17, 15) is 0 Å². The van der Waals surface area contributed by atoms with Gasteiger partial charge in [-0.15, -0.1) is 0 Å². The van der Waals surface area contributed by atoms with E-state index in [2.05, 4.69) is 27.7 Å². The molecule has 0 rings (SSSR count). The fourth-order valence-corrected chi connectivity index (χ4v) is 1.02. The molecule has 0 aliphatic carbocycles. The van der Waals surface area contributed by atoms with E-state index >= 15 is 0 Å². The Morgan fingerprint density at radius 3 is 2.10 bits per heavy atom. The van der Waals surface area contributed by atoms with Gasteiger partial charge in [0.25, 0.3) is 0 Å². The zero-order valence-electron chi connectivity index (χ0n) is 7.69. The van der Waals surface area contributed by atoms with Crippen molar-refractivity contribution in [2.45, 2.75) is 46.5 Å². The van der Waals surface area contributed by atoms with Gasteiger partial charge in [0.15, 0.2) is 0 Å². The summed E-state index contributed by atoms with van der Waals surface area (Å²) in [5.41, 5.74) is 0. The Labute approximate surface area is 66.0 Å². The van der Waals surface area contributed by atoms with Crippen LogP contribution in [0.3, 0.4) is 0 Å². The Balaban J connectivity index is 3.03. The largest absolute Gasteiger partial charge is 0.343 e. The lowest BCUT2D eigenvalue weighted by Crippen LogP contribution is -1.94. The third-order valence-corrected chi connectivity index (χ3v) is 1.97. The molecule has 0 heteroatoms. The molecule has 0 aliphatic heterocycles. The minimum Gasteiger partial charge on any atom is -0.343 e. The van der Waals surface area contributed by atoms with Gasteiger partial charge >= 0.3 is 0 Å². The molecule has 0 saturated heterocycles. The molecule has 0 radical (unpaired) electrons. The van der Waals surface area contributed by atoms with Gasteiger partial charge in [-0.3, -0.25) is 0 Å². The Bertz CT molecular complexity index is 64.4. The van der Waals surface area contributed by atoms with Crippen LogP contribution in [-0.4, -0.2) is 0 Å². The standard InChI is InChI=1S/C10H21/c1-5-10(4)8-6-7-9(2)3/h9-10H,1,5-8H2,2-4H3/q-1. The van der Waals surface area contributed by atoms with Crippen LogP contribution in [0.2, 0.25) is 0 Å². The molecule has 0 aromatic carbocycles. The van der Waals surface area contributed by atoms with Crippen molar-refractivity contribution >= 4 is 0 Å². The summed E-state index contributed by atoms with van der Waals surface area (Å²) < 4.78 is 0. The minimum absolute atomic E-state index is 0.832. The van der Waals surface area contributed by atoms with Crippen LogP contribution < -0.4 is 0 Å². The van der Waals surface area contributed by atoms with Crippen LogP contribution in [0.25, 0.3) is 0 Å². The molecule has 1 atom stereocenters. The molecule has 0 aliphatic rings. The molecule has 0 amide bonds. The third-order valence-electron chi connectivity index (χ3n) is 1.97. The second-order valence-corrected chi connectivity index (χ2v) is 3.72.